The van der Waals surface area contributed by atoms with E-state index in [0.29, 0.717) is 0 Å². The van der Waals surface area contributed by atoms with Crippen LogP contribution in [0.25, 0.3) is 0 Å². The number of hydrogen-bond acceptors (Lipinski definition) is 3. The van der Waals surface area contributed by atoms with E-state index in [9.17, 15) is 0 Å². The maximum atomic E-state index is 5.92. The van der Waals surface area contributed by atoms with Crippen LogP contribution in [0.4, 0.5) is 0 Å². The van der Waals surface area contributed by atoms with Crippen molar-refractivity contribution in [2.45, 2.75) is 71.0 Å². The number of furan rings is 1. The van der Waals surface area contributed by atoms with Crippen molar-refractivity contribution in [1.82, 2.24) is 10.2 Å². The summed E-state index contributed by atoms with van der Waals surface area (Å²) in [4.78, 5) is 2.48. The minimum Gasteiger partial charge on any atom is -0.463 e. The summed E-state index contributed by atoms with van der Waals surface area (Å²) in [5, 5.41) is 3.38. The first-order valence-corrected chi connectivity index (χ1v) is 8.28. The smallest absolute Gasteiger partial charge is 0.118 e. The van der Waals surface area contributed by atoms with Crippen molar-refractivity contribution >= 4 is 0 Å². The van der Waals surface area contributed by atoms with Gasteiger partial charge >= 0.3 is 0 Å². The summed E-state index contributed by atoms with van der Waals surface area (Å²) in [6, 6.07) is 4.99. The Morgan fingerprint density at radius 3 is 2.55 bits per heavy atom. The third kappa shape index (κ3) is 4.95. The van der Waals surface area contributed by atoms with E-state index in [1.807, 2.05) is 0 Å². The number of nitrogens with one attached hydrogen (secondary N) is 1. The summed E-state index contributed by atoms with van der Waals surface area (Å²) in [5.74, 6) is 2.16. The molecule has 0 aliphatic heterocycles. The lowest BCUT2D eigenvalue weighted by Gasteiger charge is -2.26. The Labute approximate surface area is 123 Å². The maximum absolute atomic E-state index is 5.92. The molecule has 0 amide bonds. The Balaban J connectivity index is 1.79. The average Bonchev–Trinajstić information content (AvgIpc) is 2.72. The van der Waals surface area contributed by atoms with E-state index in [1.165, 1.54) is 38.5 Å². The van der Waals surface area contributed by atoms with Gasteiger partial charge in [-0.05, 0) is 45.0 Å². The number of hydrogen-bond donors (Lipinski definition) is 1. The van der Waals surface area contributed by atoms with Crippen molar-refractivity contribution in [3.63, 3.8) is 0 Å². The molecule has 1 heterocycles. The largest absolute Gasteiger partial charge is 0.463 e. The summed E-state index contributed by atoms with van der Waals surface area (Å²) in [6.45, 7) is 5.03. The second kappa shape index (κ2) is 8.48. The van der Waals surface area contributed by atoms with E-state index < -0.39 is 0 Å². The molecule has 20 heavy (non-hydrogen) atoms. The quantitative estimate of drug-likeness (QED) is 0.605. The van der Waals surface area contributed by atoms with Gasteiger partial charge in [0.15, 0.2) is 0 Å². The van der Waals surface area contributed by atoms with Crippen molar-refractivity contribution < 1.29 is 4.42 Å². The zero-order valence-electron chi connectivity index (χ0n) is 13.2. The lowest BCUT2D eigenvalue weighted by Crippen LogP contribution is -2.30. The van der Waals surface area contributed by atoms with E-state index >= 15 is 0 Å². The van der Waals surface area contributed by atoms with E-state index in [2.05, 4.69) is 36.3 Å². The first kappa shape index (κ1) is 15.6. The topological polar surface area (TPSA) is 28.4 Å². The van der Waals surface area contributed by atoms with Crippen LogP contribution in [-0.2, 0) is 13.1 Å². The van der Waals surface area contributed by atoms with Crippen LogP contribution >= 0.6 is 0 Å². The molecule has 1 aromatic rings. The zero-order chi connectivity index (χ0) is 14.2. The molecule has 114 valence electrons. The van der Waals surface area contributed by atoms with Gasteiger partial charge < -0.3 is 9.73 Å². The van der Waals surface area contributed by atoms with Crippen LogP contribution in [0.5, 0.6) is 0 Å². The van der Waals surface area contributed by atoms with E-state index in [0.717, 1.165) is 43.6 Å². The molecule has 0 atom stereocenters. The van der Waals surface area contributed by atoms with Gasteiger partial charge in [0.25, 0.3) is 0 Å². The van der Waals surface area contributed by atoms with Crippen molar-refractivity contribution in [1.29, 1.82) is 0 Å². The van der Waals surface area contributed by atoms with Gasteiger partial charge in [0.1, 0.15) is 11.5 Å². The highest BCUT2D eigenvalue weighted by Crippen LogP contribution is 2.22. The van der Waals surface area contributed by atoms with E-state index in [4.69, 9.17) is 4.42 Å². The minimum absolute atomic E-state index is 0.740. The predicted molar refractivity (Wildman–Crippen MR) is 83.7 cm³/mol. The second-order valence-corrected chi connectivity index (χ2v) is 6.11. The van der Waals surface area contributed by atoms with Crippen LogP contribution in [-0.4, -0.2) is 24.5 Å². The molecule has 0 spiro atoms. The molecule has 1 N–H and O–H groups in total. The molecule has 0 unspecified atom stereocenters. The molecule has 2 rings (SSSR count). The van der Waals surface area contributed by atoms with Gasteiger partial charge in [-0.1, -0.05) is 32.6 Å². The van der Waals surface area contributed by atoms with Crippen molar-refractivity contribution in [2.75, 3.05) is 13.6 Å². The van der Waals surface area contributed by atoms with Gasteiger partial charge in [-0.25, -0.2) is 0 Å². The minimum atomic E-state index is 0.740. The van der Waals surface area contributed by atoms with Gasteiger partial charge in [0.2, 0.25) is 0 Å². The highest BCUT2D eigenvalue weighted by molar-refractivity contribution is 5.07. The zero-order valence-corrected chi connectivity index (χ0v) is 13.2. The SMILES string of the molecule is CCCNCc1ccc(CN(C)C2CCCCCC2)o1. The fourth-order valence-corrected chi connectivity index (χ4v) is 3.06. The van der Waals surface area contributed by atoms with Crippen LogP contribution in [0, 0.1) is 0 Å². The highest BCUT2D eigenvalue weighted by atomic mass is 16.3. The van der Waals surface area contributed by atoms with Crippen LogP contribution < -0.4 is 5.32 Å². The molecule has 0 radical (unpaired) electrons. The van der Waals surface area contributed by atoms with Gasteiger partial charge in [-0.2, -0.15) is 0 Å². The van der Waals surface area contributed by atoms with Crippen LogP contribution in [0.15, 0.2) is 16.5 Å². The van der Waals surface area contributed by atoms with Gasteiger partial charge in [-0.15, -0.1) is 0 Å². The number of nitrogens with zero attached hydrogens (tertiary/aromatic N) is 1. The van der Waals surface area contributed by atoms with E-state index in [1.54, 1.807) is 0 Å². The first-order chi connectivity index (χ1) is 9.79. The summed E-state index contributed by atoms with van der Waals surface area (Å²) < 4.78 is 5.92. The summed E-state index contributed by atoms with van der Waals surface area (Å²) in [7, 11) is 2.24. The Morgan fingerprint density at radius 1 is 1.15 bits per heavy atom. The molecule has 1 fully saturated rings. The Kier molecular flexibility index (Phi) is 6.61. The summed E-state index contributed by atoms with van der Waals surface area (Å²) >= 11 is 0. The monoisotopic (exact) mass is 278 g/mol. The summed E-state index contributed by atoms with van der Waals surface area (Å²) in [5.41, 5.74) is 0. The molecule has 1 aliphatic carbocycles. The van der Waals surface area contributed by atoms with Crippen LogP contribution in [0.3, 0.4) is 0 Å². The molecule has 3 nitrogen and oxygen atoms in total. The van der Waals surface area contributed by atoms with Crippen molar-refractivity contribution in [3.05, 3.63) is 23.7 Å². The van der Waals surface area contributed by atoms with Gasteiger partial charge in [-0.3, -0.25) is 4.90 Å². The normalized spacial score (nSPS) is 17.6. The Morgan fingerprint density at radius 2 is 1.85 bits per heavy atom. The lowest BCUT2D eigenvalue weighted by atomic mass is 10.1. The molecular weight excluding hydrogens is 248 g/mol. The lowest BCUT2D eigenvalue weighted by molar-refractivity contribution is 0.196. The highest BCUT2D eigenvalue weighted by Gasteiger charge is 2.17. The molecule has 0 bridgehead atoms. The fraction of sp³-hybridized carbons (Fsp3) is 0.765. The molecule has 0 aromatic carbocycles. The molecule has 1 aliphatic rings. The molecule has 3 heteroatoms. The fourth-order valence-electron chi connectivity index (χ4n) is 3.06. The predicted octanol–water partition coefficient (Wildman–Crippen LogP) is 3.93. The molecule has 1 aromatic heterocycles. The molecule has 1 saturated carbocycles. The Hall–Kier alpha value is -0.800. The standard InChI is InChI=1S/C17H30N2O/c1-3-12-18-13-16-10-11-17(20-16)14-19(2)15-8-6-4-5-7-9-15/h10-11,15,18H,3-9,12-14H2,1-2H3. The Bertz CT molecular complexity index is 367. The molecule has 0 saturated heterocycles. The third-order valence-electron chi connectivity index (χ3n) is 4.30. The van der Waals surface area contributed by atoms with Crippen molar-refractivity contribution in [2.24, 2.45) is 0 Å². The van der Waals surface area contributed by atoms with Crippen molar-refractivity contribution in [3.8, 4) is 0 Å². The van der Waals surface area contributed by atoms with Crippen LogP contribution in [0.1, 0.15) is 63.4 Å². The summed E-state index contributed by atoms with van der Waals surface area (Å²) in [6.07, 6.45) is 9.47. The van der Waals surface area contributed by atoms with Gasteiger partial charge in [0.05, 0.1) is 13.1 Å². The molecular formula is C17H30N2O. The van der Waals surface area contributed by atoms with Crippen LogP contribution in [0.2, 0.25) is 0 Å². The maximum Gasteiger partial charge on any atom is 0.118 e. The van der Waals surface area contributed by atoms with E-state index in [-0.39, 0.29) is 0 Å². The number of rotatable bonds is 7. The average molecular weight is 278 g/mol. The third-order valence-corrected chi connectivity index (χ3v) is 4.30. The first-order valence-electron chi connectivity index (χ1n) is 8.28. The second-order valence-electron chi connectivity index (χ2n) is 6.11. The van der Waals surface area contributed by atoms with Gasteiger partial charge in [0, 0.05) is 6.04 Å².